The number of aryl methyl sites for hydroxylation is 1. The number of benzene rings is 2. The van der Waals surface area contributed by atoms with E-state index in [1.807, 2.05) is 11.3 Å². The molecule has 3 aromatic rings. The average molecular weight is 394 g/mol. The fourth-order valence-electron chi connectivity index (χ4n) is 2.30. The minimum Gasteiger partial charge on any atom is -0.343 e. The summed E-state index contributed by atoms with van der Waals surface area (Å²) in [6, 6.07) is 17.1. The minimum atomic E-state index is -0.608. The van der Waals surface area contributed by atoms with Gasteiger partial charge in [0.05, 0.1) is 5.54 Å². The predicted octanol–water partition coefficient (Wildman–Crippen LogP) is 3.89. The highest BCUT2D eigenvalue weighted by molar-refractivity contribution is 7.19. The van der Waals surface area contributed by atoms with Crippen molar-refractivity contribution in [2.75, 3.05) is 0 Å². The first-order valence-electron chi connectivity index (χ1n) is 8.59. The van der Waals surface area contributed by atoms with Crippen LogP contribution >= 0.6 is 11.3 Å². The van der Waals surface area contributed by atoms with E-state index in [1.165, 1.54) is 15.0 Å². The molecule has 0 fully saturated rings. The van der Waals surface area contributed by atoms with Gasteiger partial charge in [-0.3, -0.25) is 14.8 Å². The van der Waals surface area contributed by atoms with Gasteiger partial charge >= 0.3 is 0 Å². The van der Waals surface area contributed by atoms with E-state index in [0.717, 1.165) is 0 Å². The van der Waals surface area contributed by atoms with Crippen LogP contribution in [0.25, 0.3) is 10.1 Å². The molecule has 0 unspecified atom stereocenters. The van der Waals surface area contributed by atoms with Gasteiger partial charge in [0.2, 0.25) is 6.41 Å². The maximum atomic E-state index is 11.1. The normalized spacial score (nSPS) is 10.1. The zero-order valence-electron chi connectivity index (χ0n) is 15.9. The molecule has 0 aliphatic carbocycles. The van der Waals surface area contributed by atoms with E-state index >= 15 is 0 Å². The molecule has 3 rings (SSSR count). The van der Waals surface area contributed by atoms with E-state index in [1.54, 1.807) is 43.6 Å². The van der Waals surface area contributed by atoms with Crippen molar-refractivity contribution in [1.82, 2.24) is 10.8 Å². The fourth-order valence-corrected chi connectivity index (χ4v) is 3.22. The second-order valence-corrected chi connectivity index (χ2v) is 7.84. The van der Waals surface area contributed by atoms with Gasteiger partial charge in [0.1, 0.15) is 0 Å². The van der Waals surface area contributed by atoms with Crippen LogP contribution in [0.15, 0.2) is 54.6 Å². The molecule has 28 heavy (non-hydrogen) atoms. The molecule has 6 heteroatoms. The summed E-state index contributed by atoms with van der Waals surface area (Å²) in [6.07, 6.45) is 0.601. The first-order chi connectivity index (χ1) is 13.3. The van der Waals surface area contributed by atoms with Crippen molar-refractivity contribution in [3.8, 4) is 11.8 Å². The van der Waals surface area contributed by atoms with Crippen LogP contribution in [0.2, 0.25) is 0 Å². The lowest BCUT2D eigenvalue weighted by Crippen LogP contribution is -2.36. The Morgan fingerprint density at radius 2 is 1.82 bits per heavy atom. The van der Waals surface area contributed by atoms with Crippen LogP contribution in [0.1, 0.15) is 34.6 Å². The molecular weight excluding hydrogens is 372 g/mol. The van der Waals surface area contributed by atoms with Gasteiger partial charge in [-0.25, -0.2) is 5.48 Å². The van der Waals surface area contributed by atoms with Crippen LogP contribution in [-0.2, 0) is 4.79 Å². The molecule has 1 aromatic heterocycles. The number of hydroxylamine groups is 1. The van der Waals surface area contributed by atoms with Gasteiger partial charge in [-0.05, 0) is 62.6 Å². The van der Waals surface area contributed by atoms with Crippen LogP contribution in [0.4, 0.5) is 0 Å². The maximum Gasteiger partial charge on any atom is 0.274 e. The van der Waals surface area contributed by atoms with Gasteiger partial charge in [0.25, 0.3) is 5.91 Å². The van der Waals surface area contributed by atoms with Crippen molar-refractivity contribution < 1.29 is 14.8 Å². The van der Waals surface area contributed by atoms with Gasteiger partial charge < -0.3 is 5.32 Å². The van der Waals surface area contributed by atoms with E-state index in [9.17, 15) is 9.59 Å². The molecule has 2 amide bonds. The summed E-state index contributed by atoms with van der Waals surface area (Å²) in [4.78, 5) is 22.8. The van der Waals surface area contributed by atoms with Crippen molar-refractivity contribution in [2.45, 2.75) is 26.3 Å². The molecule has 0 aliphatic heterocycles. The number of nitrogens with one attached hydrogen (secondary N) is 2. The molecule has 5 nitrogen and oxygen atoms in total. The van der Waals surface area contributed by atoms with Gasteiger partial charge in [0, 0.05) is 20.7 Å². The maximum absolute atomic E-state index is 11.1. The molecule has 0 spiro atoms. The Morgan fingerprint density at radius 3 is 2.43 bits per heavy atom. The lowest BCUT2D eigenvalue weighted by Gasteiger charge is -2.15. The first kappa shape index (κ1) is 21.2. The Kier molecular flexibility index (Phi) is 7.33. The van der Waals surface area contributed by atoms with Crippen LogP contribution in [0.3, 0.4) is 0 Å². The number of rotatable bonds is 3. The fraction of sp³-hybridized carbons (Fsp3) is 0.182. The molecule has 0 saturated carbocycles. The van der Waals surface area contributed by atoms with Crippen LogP contribution in [0, 0.1) is 18.8 Å². The second-order valence-electron chi connectivity index (χ2n) is 6.55. The smallest absolute Gasteiger partial charge is 0.274 e. The van der Waals surface area contributed by atoms with Crippen molar-refractivity contribution in [1.29, 1.82) is 0 Å². The molecule has 0 aliphatic rings. The van der Waals surface area contributed by atoms with Crippen LogP contribution < -0.4 is 10.8 Å². The number of hydrogen-bond acceptors (Lipinski definition) is 4. The predicted molar refractivity (Wildman–Crippen MR) is 112 cm³/mol. The largest absolute Gasteiger partial charge is 0.343 e. The Morgan fingerprint density at radius 1 is 1.14 bits per heavy atom. The summed E-state index contributed by atoms with van der Waals surface area (Å²) in [7, 11) is 0. The molecule has 2 aromatic carbocycles. The number of carbonyl (C=O) groups excluding carboxylic acids is 2. The topological polar surface area (TPSA) is 78.4 Å². The molecule has 1 heterocycles. The highest BCUT2D eigenvalue weighted by Gasteiger charge is 2.11. The number of thiophene rings is 1. The second kappa shape index (κ2) is 9.70. The van der Waals surface area contributed by atoms with Crippen molar-refractivity contribution in [3.05, 3.63) is 70.6 Å². The van der Waals surface area contributed by atoms with Gasteiger partial charge in [-0.1, -0.05) is 30.0 Å². The van der Waals surface area contributed by atoms with Gasteiger partial charge in [0.15, 0.2) is 0 Å². The zero-order chi connectivity index (χ0) is 20.6. The van der Waals surface area contributed by atoms with E-state index < -0.39 is 11.4 Å². The monoisotopic (exact) mass is 394 g/mol. The molecular formula is C22H22N2O3S. The van der Waals surface area contributed by atoms with Crippen molar-refractivity contribution in [3.63, 3.8) is 0 Å². The number of carbonyl (C=O) groups is 2. The summed E-state index contributed by atoms with van der Waals surface area (Å²) in [5.74, 6) is 5.21. The number of amides is 2. The Labute approximate surface area is 168 Å². The Bertz CT molecular complexity index is 978. The van der Waals surface area contributed by atoms with Crippen LogP contribution in [0.5, 0.6) is 0 Å². The first-order valence-corrected chi connectivity index (χ1v) is 9.40. The highest BCUT2D eigenvalue weighted by atomic mass is 32.1. The average Bonchev–Trinajstić information content (AvgIpc) is 3.07. The van der Waals surface area contributed by atoms with E-state index in [-0.39, 0.29) is 0 Å². The van der Waals surface area contributed by atoms with Crippen molar-refractivity contribution >= 4 is 33.7 Å². The molecule has 0 saturated heterocycles. The summed E-state index contributed by atoms with van der Waals surface area (Å²) >= 11 is 1.85. The molecule has 3 N–H and O–H groups in total. The third-order valence-corrected chi connectivity index (χ3v) is 4.77. The quantitative estimate of drug-likeness (QED) is 0.273. The third-order valence-electron chi connectivity index (χ3n) is 3.74. The molecule has 0 bridgehead atoms. The molecule has 144 valence electrons. The lowest BCUT2D eigenvalue weighted by molar-refractivity contribution is -0.110. The summed E-state index contributed by atoms with van der Waals surface area (Å²) in [5, 5.41) is 12.4. The standard InChI is InChI=1S/C13H14N2O3.C9H8S/c1-13(2,14-9-16)8-7-10-3-5-11(6-4-10)12(17)15-18;1-7-6-8-4-2-3-5-9(8)10-7/h3-6,9,18H,1-2H3,(H,14,16)(H,15,17);2-6H,1H3. The summed E-state index contributed by atoms with van der Waals surface area (Å²) in [5.41, 5.74) is 2.00. The SMILES string of the molecule is CC(C)(C#Cc1ccc(C(=O)NO)cc1)NC=O.Cc1cc2ccccc2s1. The Hall–Kier alpha value is -3.14. The summed E-state index contributed by atoms with van der Waals surface area (Å²) < 4.78 is 1.39. The van der Waals surface area contributed by atoms with E-state index in [4.69, 9.17) is 5.21 Å². The molecule has 0 atom stereocenters. The van der Waals surface area contributed by atoms with E-state index in [0.29, 0.717) is 17.5 Å². The lowest BCUT2D eigenvalue weighted by atomic mass is 10.1. The van der Waals surface area contributed by atoms with Crippen LogP contribution in [-0.4, -0.2) is 23.1 Å². The summed E-state index contributed by atoms with van der Waals surface area (Å²) in [6.45, 7) is 5.70. The number of fused-ring (bicyclic) bond motifs is 1. The zero-order valence-corrected chi connectivity index (χ0v) is 16.8. The Balaban J connectivity index is 0.000000233. The van der Waals surface area contributed by atoms with Gasteiger partial charge in [-0.2, -0.15) is 0 Å². The number of hydrogen-bond donors (Lipinski definition) is 3. The van der Waals surface area contributed by atoms with Gasteiger partial charge in [-0.15, -0.1) is 11.3 Å². The van der Waals surface area contributed by atoms with Crippen molar-refractivity contribution in [2.24, 2.45) is 0 Å². The highest BCUT2D eigenvalue weighted by Crippen LogP contribution is 2.23. The van der Waals surface area contributed by atoms with E-state index in [2.05, 4.69) is 54.4 Å². The minimum absolute atomic E-state index is 0.341. The third kappa shape index (κ3) is 6.23. The molecule has 0 radical (unpaired) electrons.